The van der Waals surface area contributed by atoms with E-state index in [1.807, 2.05) is 0 Å². The molecule has 0 atom stereocenters. The first-order chi connectivity index (χ1) is 11.5. The fourth-order valence-electron chi connectivity index (χ4n) is 1.77. The second kappa shape index (κ2) is 6.63. The molecule has 9 nitrogen and oxygen atoms in total. The normalized spacial score (nSPS) is 11.8. The van der Waals surface area contributed by atoms with E-state index in [1.54, 1.807) is 0 Å². The molecule has 2 rings (SSSR count). The first-order valence-electron chi connectivity index (χ1n) is 6.41. The van der Waals surface area contributed by atoms with Gasteiger partial charge in [0.05, 0.1) is 20.9 Å². The van der Waals surface area contributed by atoms with Crippen molar-refractivity contribution < 1.29 is 40.3 Å². The van der Waals surface area contributed by atoms with E-state index in [0.29, 0.717) is 0 Å². The molecule has 0 fully saturated rings. The van der Waals surface area contributed by atoms with Crippen LogP contribution in [0.1, 0.15) is 20.7 Å². The molecule has 132 valence electrons. The quantitative estimate of drug-likeness (QED) is 0.745. The Kier molecular flexibility index (Phi) is 4.92. The number of carboxylic acids is 2. The molecule has 0 radical (unpaired) electrons. The van der Waals surface area contributed by atoms with Crippen LogP contribution < -0.4 is 0 Å². The van der Waals surface area contributed by atoms with Gasteiger partial charge in [0.25, 0.3) is 0 Å². The monoisotopic (exact) mass is 386 g/mol. The van der Waals surface area contributed by atoms with Crippen LogP contribution in [0.15, 0.2) is 58.3 Å². The fraction of sp³-hybridized carbons (Fsp3) is 0. The average Bonchev–Trinajstić information content (AvgIpc) is 2.54. The zero-order valence-corrected chi connectivity index (χ0v) is 13.8. The predicted molar refractivity (Wildman–Crippen MR) is 82.3 cm³/mol. The Labute approximate surface area is 142 Å². The third kappa shape index (κ3) is 4.21. The van der Waals surface area contributed by atoms with Gasteiger partial charge in [-0.3, -0.25) is 0 Å². The molecule has 0 heterocycles. The van der Waals surface area contributed by atoms with Crippen LogP contribution in [-0.2, 0) is 23.9 Å². The van der Waals surface area contributed by atoms with Crippen molar-refractivity contribution in [2.24, 2.45) is 0 Å². The Morgan fingerprint density at radius 1 is 0.720 bits per heavy atom. The molecular weight excluding hydrogens is 376 g/mol. The predicted octanol–water partition coefficient (Wildman–Crippen LogP) is 1.18. The summed E-state index contributed by atoms with van der Waals surface area (Å²) in [6.07, 6.45) is 0. The van der Waals surface area contributed by atoms with Crippen LogP contribution in [0.4, 0.5) is 0 Å². The summed E-state index contributed by atoms with van der Waals surface area (Å²) < 4.78 is 52.6. The molecule has 2 N–H and O–H groups in total. The maximum Gasteiger partial charge on any atom is 0.335 e. The maximum atomic E-state index is 12.1. The Hall–Kier alpha value is -2.76. The summed E-state index contributed by atoms with van der Waals surface area (Å²) in [6, 6.07) is 7.85. The van der Waals surface area contributed by atoms with Crippen molar-refractivity contribution in [2.45, 2.75) is 9.79 Å². The molecule has 0 bridgehead atoms. The van der Waals surface area contributed by atoms with Gasteiger partial charge in [-0.2, -0.15) is 16.8 Å². The number of carboxylic acid groups (broad SMARTS) is 2. The number of aromatic carboxylic acids is 2. The van der Waals surface area contributed by atoms with Crippen molar-refractivity contribution in [3.63, 3.8) is 0 Å². The van der Waals surface area contributed by atoms with Crippen LogP contribution in [0.5, 0.6) is 0 Å². The van der Waals surface area contributed by atoms with Crippen LogP contribution in [0.2, 0.25) is 0 Å². The third-order valence-corrected chi connectivity index (χ3v) is 6.01. The van der Waals surface area contributed by atoms with E-state index < -0.39 is 42.0 Å². The zero-order chi connectivity index (χ0) is 18.8. The van der Waals surface area contributed by atoms with Gasteiger partial charge in [-0.1, -0.05) is 12.1 Å². The molecule has 0 amide bonds. The van der Waals surface area contributed by atoms with Crippen molar-refractivity contribution in [1.82, 2.24) is 0 Å². The summed E-state index contributed by atoms with van der Waals surface area (Å²) in [4.78, 5) is 20.4. The molecule has 0 aliphatic rings. The van der Waals surface area contributed by atoms with E-state index in [0.717, 1.165) is 48.5 Å². The highest BCUT2D eigenvalue weighted by atomic mass is 32.3. The molecule has 11 heteroatoms. The highest BCUT2D eigenvalue weighted by Gasteiger charge is 2.28. The van der Waals surface area contributed by atoms with E-state index in [2.05, 4.69) is 3.63 Å². The lowest BCUT2D eigenvalue weighted by atomic mass is 10.2. The van der Waals surface area contributed by atoms with Crippen molar-refractivity contribution >= 4 is 32.2 Å². The van der Waals surface area contributed by atoms with Gasteiger partial charge in [0.2, 0.25) is 0 Å². The molecule has 0 saturated heterocycles. The highest BCUT2D eigenvalue weighted by molar-refractivity contribution is 7.99. The minimum Gasteiger partial charge on any atom is -0.478 e. The van der Waals surface area contributed by atoms with Crippen molar-refractivity contribution in [1.29, 1.82) is 0 Å². The topological polar surface area (TPSA) is 152 Å². The minimum absolute atomic E-state index is 0.380. The van der Waals surface area contributed by atoms with E-state index in [4.69, 9.17) is 10.2 Å². The largest absolute Gasteiger partial charge is 0.478 e. The van der Waals surface area contributed by atoms with Gasteiger partial charge >= 0.3 is 32.2 Å². The summed E-state index contributed by atoms with van der Waals surface area (Å²) in [5.74, 6) is -2.82. The van der Waals surface area contributed by atoms with E-state index in [-0.39, 0.29) is 11.1 Å². The Bertz CT molecular complexity index is 968. The van der Waals surface area contributed by atoms with Crippen molar-refractivity contribution in [2.75, 3.05) is 0 Å². The molecule has 25 heavy (non-hydrogen) atoms. The summed E-state index contributed by atoms with van der Waals surface area (Å²) in [7, 11) is -9.71. The summed E-state index contributed by atoms with van der Waals surface area (Å²) in [5.41, 5.74) is -0.759. The molecule has 0 saturated carbocycles. The molecule has 0 aromatic heterocycles. The molecule has 0 unspecified atom stereocenters. The van der Waals surface area contributed by atoms with Gasteiger partial charge in [-0.25, -0.2) is 9.59 Å². The third-order valence-electron chi connectivity index (χ3n) is 2.92. The second-order valence-corrected chi connectivity index (χ2v) is 7.95. The van der Waals surface area contributed by atoms with Crippen molar-refractivity contribution in [3.8, 4) is 0 Å². The molecule has 0 spiro atoms. The number of hydrogen-bond donors (Lipinski definition) is 2. The van der Waals surface area contributed by atoms with E-state index in [9.17, 15) is 26.4 Å². The van der Waals surface area contributed by atoms with Gasteiger partial charge in [-0.15, -0.1) is 3.63 Å². The van der Waals surface area contributed by atoms with Crippen LogP contribution in [0.3, 0.4) is 0 Å². The second-order valence-electron chi connectivity index (χ2n) is 4.64. The Morgan fingerprint density at radius 2 is 1.08 bits per heavy atom. The standard InChI is InChI=1S/C14H10O9S2/c15-13(16)9-3-1-5-11(7-9)24(19,20)23-25(21,22)12-6-2-4-10(8-12)14(17)18/h1-8H,(H,15,16)(H,17,18). The smallest absolute Gasteiger partial charge is 0.335 e. The van der Waals surface area contributed by atoms with Crippen LogP contribution in [0.25, 0.3) is 0 Å². The lowest BCUT2D eigenvalue weighted by molar-refractivity contribution is 0.0685. The average molecular weight is 386 g/mol. The summed E-state index contributed by atoms with van der Waals surface area (Å²) in [5, 5.41) is 17.7. The van der Waals surface area contributed by atoms with Gasteiger partial charge in [0.1, 0.15) is 0 Å². The van der Waals surface area contributed by atoms with Gasteiger partial charge in [-0.05, 0) is 36.4 Å². The number of hydrogen-bond acceptors (Lipinski definition) is 7. The van der Waals surface area contributed by atoms with Gasteiger partial charge in [0.15, 0.2) is 0 Å². The van der Waals surface area contributed by atoms with Crippen LogP contribution >= 0.6 is 0 Å². The van der Waals surface area contributed by atoms with E-state index in [1.165, 1.54) is 0 Å². The number of carbonyl (C=O) groups is 2. The molecule has 0 aliphatic heterocycles. The summed E-state index contributed by atoms with van der Waals surface area (Å²) in [6.45, 7) is 0. The summed E-state index contributed by atoms with van der Waals surface area (Å²) >= 11 is 0. The zero-order valence-electron chi connectivity index (χ0n) is 12.2. The van der Waals surface area contributed by atoms with Crippen molar-refractivity contribution in [3.05, 3.63) is 59.7 Å². The number of rotatable bonds is 6. The van der Waals surface area contributed by atoms with E-state index >= 15 is 0 Å². The minimum atomic E-state index is -4.85. The molecule has 2 aromatic carbocycles. The molecule has 2 aromatic rings. The fourth-order valence-corrected chi connectivity index (χ4v) is 4.37. The van der Waals surface area contributed by atoms with Gasteiger partial charge in [0, 0.05) is 0 Å². The lowest BCUT2D eigenvalue weighted by Crippen LogP contribution is -2.15. The highest BCUT2D eigenvalue weighted by Crippen LogP contribution is 2.22. The Morgan fingerprint density at radius 3 is 1.40 bits per heavy atom. The SMILES string of the molecule is O=C(O)c1cccc(S(=O)(=O)OS(=O)(=O)c2cccc(C(=O)O)c2)c1. The van der Waals surface area contributed by atoms with Crippen LogP contribution in [-0.4, -0.2) is 39.0 Å². The molecular formula is C14H10O9S2. The van der Waals surface area contributed by atoms with Gasteiger partial charge < -0.3 is 10.2 Å². The maximum absolute atomic E-state index is 12.1. The first-order valence-corrected chi connectivity index (χ1v) is 9.22. The molecule has 0 aliphatic carbocycles. The first kappa shape index (κ1) is 18.6. The number of benzene rings is 2. The lowest BCUT2D eigenvalue weighted by Gasteiger charge is -2.07. The Balaban J connectivity index is 2.43. The van der Waals surface area contributed by atoms with Crippen LogP contribution in [0, 0.1) is 0 Å².